The van der Waals surface area contributed by atoms with Gasteiger partial charge in [0, 0.05) is 32.8 Å². The number of methoxy groups -OCH3 is 1. The first-order chi connectivity index (χ1) is 11.0. The van der Waals surface area contributed by atoms with Crippen LogP contribution in [0.25, 0.3) is 0 Å². The van der Waals surface area contributed by atoms with Crippen molar-refractivity contribution in [3.63, 3.8) is 0 Å². The number of aromatic nitrogens is 2. The van der Waals surface area contributed by atoms with Gasteiger partial charge in [0.05, 0.1) is 6.61 Å². The summed E-state index contributed by atoms with van der Waals surface area (Å²) in [5.41, 5.74) is 0. The zero-order chi connectivity index (χ0) is 16.8. The van der Waals surface area contributed by atoms with E-state index in [1.54, 1.807) is 13.2 Å². The third-order valence-electron chi connectivity index (χ3n) is 3.69. The zero-order valence-corrected chi connectivity index (χ0v) is 15.4. The van der Waals surface area contributed by atoms with Gasteiger partial charge >= 0.3 is 0 Å². The summed E-state index contributed by atoms with van der Waals surface area (Å²) < 4.78 is 4.97. The number of nitrogens with one attached hydrogen (secondary N) is 2. The van der Waals surface area contributed by atoms with Crippen molar-refractivity contribution >= 4 is 40.7 Å². The van der Waals surface area contributed by atoms with Gasteiger partial charge in [0.25, 0.3) is 0 Å². The summed E-state index contributed by atoms with van der Waals surface area (Å²) in [7, 11) is 1.64. The average molecular weight is 358 g/mol. The minimum Gasteiger partial charge on any atom is -0.383 e. The Labute approximate surface area is 148 Å². The molecule has 128 valence electrons. The predicted octanol–water partition coefficient (Wildman–Crippen LogP) is 2.55. The number of rotatable bonds is 5. The lowest BCUT2D eigenvalue weighted by atomic mass is 9.92. The summed E-state index contributed by atoms with van der Waals surface area (Å²) in [6.07, 6.45) is 1.24. The molecule has 1 saturated heterocycles. The quantitative estimate of drug-likeness (QED) is 0.477. The Bertz CT molecular complexity index is 535. The molecule has 2 N–H and O–H groups in total. The van der Waals surface area contributed by atoms with Gasteiger partial charge in [0.1, 0.15) is 11.0 Å². The van der Waals surface area contributed by atoms with Crippen LogP contribution in [0, 0.1) is 11.8 Å². The number of nitrogens with zero attached hydrogens (tertiary/aromatic N) is 3. The lowest BCUT2D eigenvalue weighted by molar-refractivity contribution is 0.204. The van der Waals surface area contributed by atoms with Crippen LogP contribution < -0.4 is 15.5 Å². The Morgan fingerprint density at radius 2 is 2.09 bits per heavy atom. The van der Waals surface area contributed by atoms with Crippen LogP contribution in [0.4, 0.5) is 11.8 Å². The van der Waals surface area contributed by atoms with E-state index < -0.39 is 0 Å². The lowest BCUT2D eigenvalue weighted by Gasteiger charge is -2.35. The molecular formula is C15H24ClN5OS. The van der Waals surface area contributed by atoms with E-state index in [1.807, 2.05) is 0 Å². The summed E-state index contributed by atoms with van der Waals surface area (Å²) in [4.78, 5) is 11.0. The normalized spacial score (nSPS) is 21.1. The van der Waals surface area contributed by atoms with Crippen molar-refractivity contribution in [3.8, 4) is 0 Å². The largest absolute Gasteiger partial charge is 0.383 e. The highest BCUT2D eigenvalue weighted by atomic mass is 35.5. The van der Waals surface area contributed by atoms with Crippen LogP contribution in [-0.4, -0.2) is 48.4 Å². The van der Waals surface area contributed by atoms with E-state index in [1.165, 1.54) is 6.42 Å². The second-order valence-electron chi connectivity index (χ2n) is 6.10. The number of ether oxygens (including phenoxy) is 1. The fraction of sp³-hybridized carbons (Fsp3) is 0.667. The molecule has 1 aromatic heterocycles. The third kappa shape index (κ3) is 5.75. The molecule has 23 heavy (non-hydrogen) atoms. The summed E-state index contributed by atoms with van der Waals surface area (Å²) in [6.45, 7) is 7.68. The molecule has 2 atom stereocenters. The van der Waals surface area contributed by atoms with Crippen molar-refractivity contribution in [2.45, 2.75) is 20.3 Å². The van der Waals surface area contributed by atoms with Crippen LogP contribution in [0.1, 0.15) is 20.3 Å². The first kappa shape index (κ1) is 18.2. The van der Waals surface area contributed by atoms with Gasteiger partial charge in [-0.1, -0.05) is 25.4 Å². The predicted molar refractivity (Wildman–Crippen MR) is 98.3 cm³/mol. The highest BCUT2D eigenvalue weighted by Crippen LogP contribution is 2.26. The van der Waals surface area contributed by atoms with Crippen LogP contribution >= 0.6 is 23.8 Å². The Kier molecular flexibility index (Phi) is 6.80. The summed E-state index contributed by atoms with van der Waals surface area (Å²) >= 11 is 11.4. The molecule has 0 amide bonds. The summed E-state index contributed by atoms with van der Waals surface area (Å²) in [5, 5.41) is 6.86. The molecule has 1 aromatic rings. The number of piperidine rings is 1. The van der Waals surface area contributed by atoms with Gasteiger partial charge < -0.3 is 20.3 Å². The number of hydrogen-bond donors (Lipinski definition) is 2. The first-order valence-electron chi connectivity index (χ1n) is 7.81. The van der Waals surface area contributed by atoms with Crippen molar-refractivity contribution in [1.82, 2.24) is 15.3 Å². The fourth-order valence-corrected chi connectivity index (χ4v) is 3.26. The molecule has 0 radical (unpaired) electrons. The fourth-order valence-electron chi connectivity index (χ4n) is 2.89. The van der Waals surface area contributed by atoms with Gasteiger partial charge in [0.2, 0.25) is 5.95 Å². The molecule has 0 unspecified atom stereocenters. The van der Waals surface area contributed by atoms with E-state index in [2.05, 4.69) is 39.3 Å². The van der Waals surface area contributed by atoms with Gasteiger partial charge in [-0.3, -0.25) is 0 Å². The maximum Gasteiger partial charge on any atom is 0.232 e. The second-order valence-corrected chi connectivity index (χ2v) is 6.89. The molecule has 0 aromatic carbocycles. The first-order valence-corrected chi connectivity index (χ1v) is 8.60. The molecule has 2 heterocycles. The van der Waals surface area contributed by atoms with Crippen molar-refractivity contribution in [1.29, 1.82) is 0 Å². The number of halogens is 1. The minimum atomic E-state index is 0.406. The Balaban J connectivity index is 2.05. The molecule has 0 bridgehead atoms. The summed E-state index contributed by atoms with van der Waals surface area (Å²) in [5.74, 6) is 2.53. The molecule has 0 saturated carbocycles. The number of thiocarbonyl (C=S) groups is 1. The van der Waals surface area contributed by atoms with Crippen molar-refractivity contribution in [2.24, 2.45) is 11.8 Å². The monoisotopic (exact) mass is 357 g/mol. The molecular weight excluding hydrogens is 334 g/mol. The van der Waals surface area contributed by atoms with Gasteiger partial charge in [-0.05, 0) is 30.5 Å². The smallest absolute Gasteiger partial charge is 0.232 e. The van der Waals surface area contributed by atoms with Gasteiger partial charge in [-0.2, -0.15) is 4.98 Å². The van der Waals surface area contributed by atoms with Gasteiger partial charge in [0.15, 0.2) is 5.11 Å². The minimum absolute atomic E-state index is 0.406. The zero-order valence-electron chi connectivity index (χ0n) is 13.8. The second kappa shape index (κ2) is 8.61. The van der Waals surface area contributed by atoms with E-state index in [0.717, 1.165) is 18.9 Å². The molecule has 0 aliphatic carbocycles. The van der Waals surface area contributed by atoms with Gasteiger partial charge in [-0.15, -0.1) is 0 Å². The van der Waals surface area contributed by atoms with E-state index in [4.69, 9.17) is 28.6 Å². The standard InChI is InChI=1S/C15H24ClN5OS/c1-10-6-11(2)9-21(8-10)13-7-12(16)18-14(19-13)20-15(23)17-4-5-22-3/h7,10-11H,4-6,8-9H2,1-3H3,(H2,17,18,19,20,23)/t10-,11-/m1/s1. The van der Waals surface area contributed by atoms with Crippen LogP contribution in [-0.2, 0) is 4.74 Å². The topological polar surface area (TPSA) is 62.3 Å². The van der Waals surface area contributed by atoms with Crippen LogP contribution in [0.2, 0.25) is 5.15 Å². The molecule has 1 aliphatic heterocycles. The molecule has 2 rings (SSSR count). The maximum absolute atomic E-state index is 6.15. The average Bonchev–Trinajstić information content (AvgIpc) is 2.46. The molecule has 0 spiro atoms. The Morgan fingerprint density at radius 1 is 1.39 bits per heavy atom. The third-order valence-corrected chi connectivity index (χ3v) is 4.13. The number of anilines is 2. The van der Waals surface area contributed by atoms with Crippen molar-refractivity contribution in [2.75, 3.05) is 43.6 Å². The molecule has 6 nitrogen and oxygen atoms in total. The molecule has 8 heteroatoms. The van der Waals surface area contributed by atoms with Crippen LogP contribution in [0.5, 0.6) is 0 Å². The lowest BCUT2D eigenvalue weighted by Crippen LogP contribution is -2.39. The van der Waals surface area contributed by atoms with Crippen LogP contribution in [0.15, 0.2) is 6.07 Å². The van der Waals surface area contributed by atoms with Crippen molar-refractivity contribution < 1.29 is 4.74 Å². The Morgan fingerprint density at radius 3 is 2.74 bits per heavy atom. The highest BCUT2D eigenvalue weighted by molar-refractivity contribution is 7.80. The van der Waals surface area contributed by atoms with E-state index in [9.17, 15) is 0 Å². The maximum atomic E-state index is 6.15. The van der Waals surface area contributed by atoms with E-state index in [0.29, 0.717) is 41.2 Å². The number of hydrogen-bond acceptors (Lipinski definition) is 5. The van der Waals surface area contributed by atoms with E-state index in [-0.39, 0.29) is 0 Å². The van der Waals surface area contributed by atoms with Gasteiger partial charge in [-0.25, -0.2) is 4.98 Å². The van der Waals surface area contributed by atoms with Crippen molar-refractivity contribution in [3.05, 3.63) is 11.2 Å². The van der Waals surface area contributed by atoms with Crippen LogP contribution in [0.3, 0.4) is 0 Å². The van der Waals surface area contributed by atoms with E-state index >= 15 is 0 Å². The molecule has 1 aliphatic rings. The Hall–Kier alpha value is -1.18. The SMILES string of the molecule is COCCNC(=S)Nc1nc(Cl)cc(N2C[C@H](C)C[C@@H](C)C2)n1. The highest BCUT2D eigenvalue weighted by Gasteiger charge is 2.23. The summed E-state index contributed by atoms with van der Waals surface area (Å²) in [6, 6.07) is 1.80. The molecule has 1 fully saturated rings.